The lowest BCUT2D eigenvalue weighted by molar-refractivity contribution is 0.0740. The number of aromatic nitrogens is 4. The molecule has 1 aromatic heterocycles. The monoisotopic (exact) mass is 267 g/mol. The molecule has 0 aliphatic heterocycles. The van der Waals surface area contributed by atoms with E-state index < -0.39 is 17.5 Å². The smallest absolute Gasteiger partial charge is 0.295 e. The topological polar surface area (TPSA) is 74.8 Å². The number of amides is 1. The normalized spacial score (nSPS) is 10.5. The highest BCUT2D eigenvalue weighted by molar-refractivity contribution is 5.90. The van der Waals surface area contributed by atoms with Gasteiger partial charge in [0, 0.05) is 13.1 Å². The van der Waals surface area contributed by atoms with E-state index in [1.807, 2.05) is 0 Å². The van der Waals surface area contributed by atoms with Crippen molar-refractivity contribution < 1.29 is 13.6 Å². The van der Waals surface area contributed by atoms with Gasteiger partial charge in [-0.25, -0.2) is 8.78 Å². The highest BCUT2D eigenvalue weighted by Crippen LogP contribution is 2.12. The third kappa shape index (κ3) is 2.90. The summed E-state index contributed by atoms with van der Waals surface area (Å²) < 4.78 is 25.9. The molecule has 0 radical (unpaired) electrons. The molecule has 1 heterocycles. The number of hydrogen-bond acceptors (Lipinski definition) is 4. The highest BCUT2D eigenvalue weighted by Gasteiger charge is 2.19. The van der Waals surface area contributed by atoms with Gasteiger partial charge in [-0.1, -0.05) is 6.07 Å². The van der Waals surface area contributed by atoms with Crippen molar-refractivity contribution in [2.45, 2.75) is 13.5 Å². The molecular formula is C11H11F2N5O. The van der Waals surface area contributed by atoms with E-state index >= 15 is 0 Å². The largest absolute Gasteiger partial charge is 0.332 e. The van der Waals surface area contributed by atoms with Crippen LogP contribution < -0.4 is 0 Å². The fourth-order valence-electron chi connectivity index (χ4n) is 1.58. The molecule has 8 heteroatoms. The summed E-state index contributed by atoms with van der Waals surface area (Å²) in [5.41, 5.74) is 0.484. The molecule has 1 amide bonds. The Morgan fingerprint density at radius 3 is 2.74 bits per heavy atom. The van der Waals surface area contributed by atoms with Gasteiger partial charge >= 0.3 is 0 Å². The van der Waals surface area contributed by atoms with Crippen LogP contribution in [-0.4, -0.2) is 38.0 Å². The number of nitrogens with zero attached hydrogens (tertiary/aromatic N) is 4. The molecule has 1 N–H and O–H groups in total. The maximum absolute atomic E-state index is 13.1. The average Bonchev–Trinajstić information content (AvgIpc) is 2.93. The van der Waals surface area contributed by atoms with Gasteiger partial charge in [-0.05, 0) is 29.8 Å². The van der Waals surface area contributed by atoms with Crippen LogP contribution in [0.1, 0.15) is 23.1 Å². The van der Waals surface area contributed by atoms with Crippen molar-refractivity contribution in [2.75, 3.05) is 6.54 Å². The van der Waals surface area contributed by atoms with Crippen LogP contribution in [0.3, 0.4) is 0 Å². The maximum atomic E-state index is 13.1. The summed E-state index contributed by atoms with van der Waals surface area (Å²) in [6.45, 7) is 2.28. The van der Waals surface area contributed by atoms with E-state index in [0.29, 0.717) is 12.1 Å². The minimum atomic E-state index is -0.944. The van der Waals surface area contributed by atoms with E-state index in [4.69, 9.17) is 0 Å². The number of carbonyl (C=O) groups excluding carboxylic acids is 1. The van der Waals surface area contributed by atoms with Crippen molar-refractivity contribution in [1.82, 2.24) is 25.5 Å². The minimum Gasteiger partial charge on any atom is -0.332 e. The first kappa shape index (κ1) is 13.1. The van der Waals surface area contributed by atoms with Crippen LogP contribution in [0.25, 0.3) is 0 Å². The van der Waals surface area contributed by atoms with Crippen LogP contribution in [-0.2, 0) is 6.54 Å². The van der Waals surface area contributed by atoms with E-state index in [-0.39, 0.29) is 12.4 Å². The second-order valence-corrected chi connectivity index (χ2v) is 3.80. The average molecular weight is 267 g/mol. The van der Waals surface area contributed by atoms with E-state index in [0.717, 1.165) is 12.1 Å². The molecule has 0 fully saturated rings. The minimum absolute atomic E-state index is 0.0653. The molecule has 6 nitrogen and oxygen atoms in total. The molecule has 0 spiro atoms. The number of hydrogen-bond donors (Lipinski definition) is 1. The third-order valence-electron chi connectivity index (χ3n) is 2.56. The summed E-state index contributed by atoms with van der Waals surface area (Å²) in [6.07, 6.45) is 0. The summed E-state index contributed by atoms with van der Waals surface area (Å²) in [5, 5.41) is 12.7. The molecule has 0 unspecified atom stereocenters. The molecule has 100 valence electrons. The van der Waals surface area contributed by atoms with Crippen LogP contribution >= 0.6 is 0 Å². The molecular weight excluding hydrogens is 256 g/mol. The van der Waals surface area contributed by atoms with Gasteiger partial charge in [0.05, 0.1) is 0 Å². The van der Waals surface area contributed by atoms with Gasteiger partial charge in [0.2, 0.25) is 0 Å². The number of carbonyl (C=O) groups is 1. The molecule has 19 heavy (non-hydrogen) atoms. The van der Waals surface area contributed by atoms with Gasteiger partial charge < -0.3 is 4.90 Å². The van der Waals surface area contributed by atoms with Gasteiger partial charge in [0.15, 0.2) is 11.6 Å². The van der Waals surface area contributed by atoms with Crippen LogP contribution in [0.4, 0.5) is 8.78 Å². The summed E-state index contributed by atoms with van der Waals surface area (Å²) in [5.74, 6) is -2.36. The molecule has 0 saturated carbocycles. The first-order chi connectivity index (χ1) is 9.11. The highest BCUT2D eigenvalue weighted by atomic mass is 19.2. The van der Waals surface area contributed by atoms with Gasteiger partial charge in [-0.3, -0.25) is 4.79 Å². The van der Waals surface area contributed by atoms with Gasteiger partial charge in [0.25, 0.3) is 11.7 Å². The van der Waals surface area contributed by atoms with Crippen molar-refractivity contribution in [1.29, 1.82) is 0 Å². The molecule has 1 aromatic carbocycles. The predicted octanol–water partition coefficient (Wildman–Crippen LogP) is 1.14. The standard InChI is InChI=1S/C11H11F2N5O/c1-2-18(11(19)10-14-16-17-15-10)6-7-3-4-8(12)9(13)5-7/h3-5H,2,6H2,1H3,(H,14,15,16,17). The SMILES string of the molecule is CCN(Cc1ccc(F)c(F)c1)C(=O)c1nn[nH]n1. The van der Waals surface area contributed by atoms with Gasteiger partial charge in [-0.2, -0.15) is 5.21 Å². The number of nitrogens with one attached hydrogen (secondary N) is 1. The zero-order valence-corrected chi connectivity index (χ0v) is 10.1. The summed E-state index contributed by atoms with van der Waals surface area (Å²) in [7, 11) is 0. The molecule has 2 aromatic rings. The van der Waals surface area contributed by atoms with Crippen LogP contribution in [0, 0.1) is 11.6 Å². The van der Waals surface area contributed by atoms with Gasteiger partial charge in [-0.15, -0.1) is 10.2 Å². The quantitative estimate of drug-likeness (QED) is 0.901. The fourth-order valence-corrected chi connectivity index (χ4v) is 1.58. The van der Waals surface area contributed by atoms with Crippen molar-refractivity contribution in [3.05, 3.63) is 41.2 Å². The Labute approximate surface area is 107 Å². The zero-order valence-electron chi connectivity index (χ0n) is 10.1. The molecule has 0 aliphatic rings. The molecule has 0 aliphatic carbocycles. The Bertz CT molecular complexity index is 572. The molecule has 0 saturated heterocycles. The van der Waals surface area contributed by atoms with Crippen LogP contribution in [0.15, 0.2) is 18.2 Å². The maximum Gasteiger partial charge on any atom is 0.295 e. The predicted molar refractivity (Wildman–Crippen MR) is 61.0 cm³/mol. The fraction of sp³-hybridized carbons (Fsp3) is 0.273. The third-order valence-corrected chi connectivity index (χ3v) is 2.56. The number of rotatable bonds is 4. The molecule has 0 bridgehead atoms. The summed E-state index contributed by atoms with van der Waals surface area (Å²) in [6, 6.07) is 3.50. The number of aromatic amines is 1. The molecule has 2 rings (SSSR count). The van der Waals surface area contributed by atoms with Crippen LogP contribution in [0.2, 0.25) is 0 Å². The lowest BCUT2D eigenvalue weighted by atomic mass is 10.2. The Kier molecular flexibility index (Phi) is 3.79. The summed E-state index contributed by atoms with van der Waals surface area (Å²) in [4.78, 5) is 13.4. The first-order valence-corrected chi connectivity index (χ1v) is 5.58. The number of tetrazole rings is 1. The van der Waals surface area contributed by atoms with Crippen molar-refractivity contribution in [2.24, 2.45) is 0 Å². The second-order valence-electron chi connectivity index (χ2n) is 3.80. The molecule has 0 atom stereocenters. The van der Waals surface area contributed by atoms with E-state index in [2.05, 4.69) is 20.6 Å². The Morgan fingerprint density at radius 1 is 1.37 bits per heavy atom. The Hall–Kier alpha value is -2.38. The first-order valence-electron chi connectivity index (χ1n) is 5.58. The van der Waals surface area contributed by atoms with E-state index in [1.54, 1.807) is 6.92 Å². The number of halogens is 2. The van der Waals surface area contributed by atoms with Crippen molar-refractivity contribution >= 4 is 5.91 Å². The van der Waals surface area contributed by atoms with E-state index in [1.165, 1.54) is 11.0 Å². The lowest BCUT2D eigenvalue weighted by Gasteiger charge is -2.19. The second kappa shape index (κ2) is 5.51. The Balaban J connectivity index is 2.15. The Morgan fingerprint density at radius 2 is 2.16 bits per heavy atom. The van der Waals surface area contributed by atoms with Crippen LogP contribution in [0.5, 0.6) is 0 Å². The van der Waals surface area contributed by atoms with Crippen molar-refractivity contribution in [3.8, 4) is 0 Å². The van der Waals surface area contributed by atoms with Gasteiger partial charge in [0.1, 0.15) is 0 Å². The van der Waals surface area contributed by atoms with Crippen molar-refractivity contribution in [3.63, 3.8) is 0 Å². The summed E-state index contributed by atoms with van der Waals surface area (Å²) >= 11 is 0. The number of H-pyrrole nitrogens is 1. The van der Waals surface area contributed by atoms with E-state index in [9.17, 15) is 13.6 Å². The zero-order chi connectivity index (χ0) is 13.8. The lowest BCUT2D eigenvalue weighted by Crippen LogP contribution is -2.31. The number of benzene rings is 1.